The molecule has 0 aliphatic carbocycles. The van der Waals surface area contributed by atoms with Crippen molar-refractivity contribution in [3.63, 3.8) is 0 Å². The molecule has 2 aromatic rings. The maximum atomic E-state index is 12.2. The van der Waals surface area contributed by atoms with Crippen molar-refractivity contribution in [2.75, 3.05) is 6.54 Å². The Balaban J connectivity index is 1.95. The zero-order valence-electron chi connectivity index (χ0n) is 11.9. The second-order valence-corrected chi connectivity index (χ2v) is 5.99. The van der Waals surface area contributed by atoms with Crippen LogP contribution in [-0.4, -0.2) is 26.8 Å². The van der Waals surface area contributed by atoms with Gasteiger partial charge in [-0.25, -0.2) is 0 Å². The fourth-order valence-electron chi connectivity index (χ4n) is 2.07. The van der Waals surface area contributed by atoms with E-state index in [0.29, 0.717) is 12.2 Å². The molecule has 0 aliphatic rings. The normalized spacial score (nSPS) is 11.1. The average Bonchev–Trinajstić information content (AvgIpc) is 2.95. The Morgan fingerprint density at radius 3 is 2.80 bits per heavy atom. The van der Waals surface area contributed by atoms with Gasteiger partial charge in [0.1, 0.15) is 5.69 Å². The monoisotopic (exact) mass is 338 g/mol. The largest absolute Gasteiger partial charge is 0.350 e. The number of hydrogen-bond acceptors (Lipinski definition) is 2. The van der Waals surface area contributed by atoms with E-state index in [4.69, 9.17) is 0 Å². The predicted molar refractivity (Wildman–Crippen MR) is 81.8 cm³/mol. The molecular formula is C14H19BrN4O. The van der Waals surface area contributed by atoms with E-state index in [0.717, 1.165) is 16.5 Å². The van der Waals surface area contributed by atoms with Crippen LogP contribution in [0.5, 0.6) is 0 Å². The molecule has 0 radical (unpaired) electrons. The van der Waals surface area contributed by atoms with Crippen molar-refractivity contribution in [3.8, 4) is 0 Å². The summed E-state index contributed by atoms with van der Waals surface area (Å²) in [5, 5.41) is 7.05. The van der Waals surface area contributed by atoms with Gasteiger partial charge in [-0.2, -0.15) is 5.10 Å². The quantitative estimate of drug-likeness (QED) is 0.910. The summed E-state index contributed by atoms with van der Waals surface area (Å²) in [6.07, 6.45) is 6.49. The smallest absolute Gasteiger partial charge is 0.267 e. The number of aromatic nitrogens is 3. The highest BCUT2D eigenvalue weighted by molar-refractivity contribution is 9.10. The number of rotatable bonds is 5. The van der Waals surface area contributed by atoms with E-state index in [1.165, 1.54) is 0 Å². The number of aryl methyl sites for hydroxylation is 1. The predicted octanol–water partition coefficient (Wildman–Crippen LogP) is 2.54. The van der Waals surface area contributed by atoms with Crippen molar-refractivity contribution in [2.45, 2.75) is 26.3 Å². The standard InChI is InChI=1S/C14H19BrN4O/c1-10(2)19-9-12(15)6-13(19)14(20)16-5-4-11-7-17-18(3)8-11/h6-10H,4-5H2,1-3H3,(H,16,20). The highest BCUT2D eigenvalue weighted by atomic mass is 79.9. The maximum Gasteiger partial charge on any atom is 0.267 e. The number of halogens is 1. The highest BCUT2D eigenvalue weighted by Crippen LogP contribution is 2.19. The molecule has 5 nitrogen and oxygen atoms in total. The first-order valence-electron chi connectivity index (χ1n) is 6.60. The van der Waals surface area contributed by atoms with Gasteiger partial charge in [0, 0.05) is 36.5 Å². The van der Waals surface area contributed by atoms with E-state index < -0.39 is 0 Å². The molecule has 0 atom stereocenters. The van der Waals surface area contributed by atoms with Crippen LogP contribution in [0, 0.1) is 0 Å². The summed E-state index contributed by atoms with van der Waals surface area (Å²) in [7, 11) is 1.88. The second-order valence-electron chi connectivity index (χ2n) is 5.07. The Kier molecular flexibility index (Phi) is 4.65. The number of amides is 1. The summed E-state index contributed by atoms with van der Waals surface area (Å²) < 4.78 is 4.64. The Morgan fingerprint density at radius 1 is 1.45 bits per heavy atom. The van der Waals surface area contributed by atoms with Gasteiger partial charge >= 0.3 is 0 Å². The van der Waals surface area contributed by atoms with Crippen LogP contribution in [0.3, 0.4) is 0 Å². The maximum absolute atomic E-state index is 12.2. The van der Waals surface area contributed by atoms with Crippen LogP contribution >= 0.6 is 15.9 Å². The Labute approximate surface area is 127 Å². The summed E-state index contributed by atoms with van der Waals surface area (Å²) >= 11 is 3.42. The molecule has 2 aromatic heterocycles. The van der Waals surface area contributed by atoms with Gasteiger partial charge in [-0.15, -0.1) is 0 Å². The van der Waals surface area contributed by atoms with Gasteiger partial charge in [0.25, 0.3) is 5.91 Å². The van der Waals surface area contributed by atoms with Crippen molar-refractivity contribution in [1.29, 1.82) is 0 Å². The van der Waals surface area contributed by atoms with Crippen LogP contribution in [0.15, 0.2) is 29.1 Å². The molecule has 0 fully saturated rings. The van der Waals surface area contributed by atoms with Gasteiger partial charge in [0.05, 0.1) is 6.20 Å². The molecule has 0 aliphatic heterocycles. The van der Waals surface area contributed by atoms with Gasteiger partial charge in [-0.05, 0) is 47.8 Å². The van der Waals surface area contributed by atoms with Gasteiger partial charge < -0.3 is 9.88 Å². The third kappa shape index (κ3) is 3.50. The highest BCUT2D eigenvalue weighted by Gasteiger charge is 2.14. The molecular weight excluding hydrogens is 320 g/mol. The van der Waals surface area contributed by atoms with Gasteiger partial charge in [-0.1, -0.05) is 0 Å². The molecule has 6 heteroatoms. The van der Waals surface area contributed by atoms with Crippen molar-refractivity contribution in [1.82, 2.24) is 19.7 Å². The van der Waals surface area contributed by atoms with Crippen LogP contribution < -0.4 is 5.32 Å². The number of carbonyl (C=O) groups excluding carboxylic acids is 1. The SMILES string of the molecule is CC(C)n1cc(Br)cc1C(=O)NCCc1cnn(C)c1. The average molecular weight is 339 g/mol. The van der Waals surface area contributed by atoms with E-state index in [1.54, 1.807) is 4.68 Å². The van der Waals surface area contributed by atoms with Crippen LogP contribution in [0.25, 0.3) is 0 Å². The molecule has 0 saturated heterocycles. The lowest BCUT2D eigenvalue weighted by molar-refractivity contribution is 0.0943. The molecule has 20 heavy (non-hydrogen) atoms. The number of hydrogen-bond donors (Lipinski definition) is 1. The molecule has 0 saturated carbocycles. The molecule has 0 bridgehead atoms. The minimum atomic E-state index is -0.0479. The third-order valence-electron chi connectivity index (χ3n) is 3.06. The van der Waals surface area contributed by atoms with E-state index in [9.17, 15) is 4.79 Å². The summed E-state index contributed by atoms with van der Waals surface area (Å²) in [5.41, 5.74) is 1.80. The third-order valence-corrected chi connectivity index (χ3v) is 3.50. The molecule has 2 rings (SSSR count). The summed E-state index contributed by atoms with van der Waals surface area (Å²) in [6, 6.07) is 2.10. The molecule has 0 aromatic carbocycles. The fourth-order valence-corrected chi connectivity index (χ4v) is 2.50. The van der Waals surface area contributed by atoms with Crippen molar-refractivity contribution >= 4 is 21.8 Å². The van der Waals surface area contributed by atoms with Crippen LogP contribution in [0.4, 0.5) is 0 Å². The van der Waals surface area contributed by atoms with Gasteiger partial charge in [0.15, 0.2) is 0 Å². The Morgan fingerprint density at radius 2 is 2.20 bits per heavy atom. The Bertz CT molecular complexity index is 600. The lowest BCUT2D eigenvalue weighted by Crippen LogP contribution is -2.28. The van der Waals surface area contributed by atoms with E-state index in [2.05, 4.69) is 40.2 Å². The summed E-state index contributed by atoms with van der Waals surface area (Å²) in [4.78, 5) is 12.2. The lowest BCUT2D eigenvalue weighted by Gasteiger charge is -2.12. The fraction of sp³-hybridized carbons (Fsp3) is 0.429. The lowest BCUT2D eigenvalue weighted by atomic mass is 10.2. The topological polar surface area (TPSA) is 51.9 Å². The minimum absolute atomic E-state index is 0.0479. The van der Waals surface area contributed by atoms with Crippen molar-refractivity contribution in [3.05, 3.63) is 40.4 Å². The van der Waals surface area contributed by atoms with Gasteiger partial charge in [-0.3, -0.25) is 9.48 Å². The van der Waals surface area contributed by atoms with E-state index in [1.807, 2.05) is 36.3 Å². The first kappa shape index (κ1) is 14.8. The van der Waals surface area contributed by atoms with E-state index in [-0.39, 0.29) is 11.9 Å². The summed E-state index contributed by atoms with van der Waals surface area (Å²) in [6.45, 7) is 4.71. The molecule has 0 unspecified atom stereocenters. The number of nitrogens with zero attached hydrogens (tertiary/aromatic N) is 3. The van der Waals surface area contributed by atoms with Crippen LogP contribution in [0.1, 0.15) is 35.9 Å². The number of carbonyl (C=O) groups is 1. The molecule has 108 valence electrons. The van der Waals surface area contributed by atoms with Crippen molar-refractivity contribution < 1.29 is 4.79 Å². The molecule has 0 spiro atoms. The van der Waals surface area contributed by atoms with Crippen LogP contribution in [0.2, 0.25) is 0 Å². The molecule has 1 N–H and O–H groups in total. The molecule has 1 amide bonds. The molecule has 2 heterocycles. The minimum Gasteiger partial charge on any atom is -0.350 e. The summed E-state index contributed by atoms with van der Waals surface area (Å²) in [5.74, 6) is -0.0479. The zero-order valence-corrected chi connectivity index (χ0v) is 13.5. The van der Waals surface area contributed by atoms with Crippen LogP contribution in [-0.2, 0) is 13.5 Å². The number of nitrogens with one attached hydrogen (secondary N) is 1. The zero-order chi connectivity index (χ0) is 14.7. The Hall–Kier alpha value is -1.56. The first-order chi connectivity index (χ1) is 9.47. The van der Waals surface area contributed by atoms with Crippen molar-refractivity contribution in [2.24, 2.45) is 7.05 Å². The first-order valence-corrected chi connectivity index (χ1v) is 7.39. The second kappa shape index (κ2) is 6.26. The van der Waals surface area contributed by atoms with Gasteiger partial charge in [0.2, 0.25) is 0 Å². The van der Waals surface area contributed by atoms with E-state index >= 15 is 0 Å².